The van der Waals surface area contributed by atoms with E-state index in [9.17, 15) is 4.57 Å². The summed E-state index contributed by atoms with van der Waals surface area (Å²) in [5.74, 6) is 0. The van der Waals surface area contributed by atoms with Crippen molar-refractivity contribution in [1.82, 2.24) is 0 Å². The Morgan fingerprint density at radius 3 is 1.83 bits per heavy atom. The van der Waals surface area contributed by atoms with Gasteiger partial charge in [-0.05, 0) is 63.6 Å². The van der Waals surface area contributed by atoms with Crippen molar-refractivity contribution in [1.29, 1.82) is 0 Å². The highest BCUT2D eigenvalue weighted by Crippen LogP contribution is 2.60. The molecule has 4 nitrogen and oxygen atoms in total. The summed E-state index contributed by atoms with van der Waals surface area (Å²) in [5.41, 5.74) is 0. The molecule has 0 aromatic carbocycles. The summed E-state index contributed by atoms with van der Waals surface area (Å²) in [4.78, 5) is 0. The van der Waals surface area contributed by atoms with Gasteiger partial charge in [-0.25, -0.2) is 0 Å². The van der Waals surface area contributed by atoms with Crippen molar-refractivity contribution in [2.24, 2.45) is 0 Å². The van der Waals surface area contributed by atoms with Crippen LogP contribution < -0.4 is 0 Å². The van der Waals surface area contributed by atoms with Crippen molar-refractivity contribution in [3.8, 4) is 0 Å². The van der Waals surface area contributed by atoms with Crippen LogP contribution in [0.1, 0.15) is 48.0 Å². The Hall–Kier alpha value is 0.420. The highest BCUT2D eigenvalue weighted by molar-refractivity contribution is 14.1. The lowest BCUT2D eigenvalue weighted by Crippen LogP contribution is -2.10. The van der Waals surface area contributed by atoms with Gasteiger partial charge in [0.2, 0.25) is 0 Å². The second-order valence-electron chi connectivity index (χ2n) is 4.31. The third-order valence-electron chi connectivity index (χ3n) is 1.86. The van der Waals surface area contributed by atoms with Crippen molar-refractivity contribution in [3.63, 3.8) is 0 Å². The minimum atomic E-state index is -3.28. The SMILES string of the molecule is CCO/C(I)=C(/CC)P(=O)(OC(C)C)OC(C)C. The molecule has 0 radical (unpaired) electrons. The van der Waals surface area contributed by atoms with Crippen LogP contribution in [0.3, 0.4) is 0 Å². The van der Waals surface area contributed by atoms with Gasteiger partial charge >= 0.3 is 7.60 Å². The summed E-state index contributed by atoms with van der Waals surface area (Å²) in [5, 5.41) is 0.618. The van der Waals surface area contributed by atoms with Gasteiger partial charge in [0.05, 0.1) is 24.1 Å². The summed E-state index contributed by atoms with van der Waals surface area (Å²) in [7, 11) is -3.28. The molecule has 0 saturated carbocycles. The first-order valence-electron chi connectivity index (χ1n) is 6.25. The Morgan fingerprint density at radius 2 is 1.56 bits per heavy atom. The molecule has 0 spiro atoms. The first kappa shape index (κ1) is 18.4. The fourth-order valence-corrected chi connectivity index (χ4v) is 5.02. The zero-order valence-electron chi connectivity index (χ0n) is 12.0. The van der Waals surface area contributed by atoms with Crippen LogP contribution >= 0.6 is 30.2 Å². The van der Waals surface area contributed by atoms with Gasteiger partial charge < -0.3 is 13.8 Å². The highest BCUT2D eigenvalue weighted by atomic mass is 127. The van der Waals surface area contributed by atoms with Crippen molar-refractivity contribution in [2.75, 3.05) is 6.61 Å². The van der Waals surface area contributed by atoms with E-state index in [0.717, 1.165) is 0 Å². The number of ether oxygens (including phenoxy) is 1. The molecule has 0 heterocycles. The van der Waals surface area contributed by atoms with Crippen molar-refractivity contribution in [3.05, 3.63) is 9.08 Å². The summed E-state index contributed by atoms with van der Waals surface area (Å²) in [6.45, 7) is 11.7. The van der Waals surface area contributed by atoms with E-state index < -0.39 is 7.60 Å². The lowest BCUT2D eigenvalue weighted by atomic mass is 10.5. The molecule has 0 aromatic heterocycles. The molecule has 0 fully saturated rings. The molecule has 0 atom stereocenters. The fourth-order valence-electron chi connectivity index (χ4n) is 1.36. The Bertz CT molecular complexity index is 312. The van der Waals surface area contributed by atoms with Crippen LogP contribution in [0.2, 0.25) is 0 Å². The van der Waals surface area contributed by atoms with Crippen molar-refractivity contribution >= 4 is 30.2 Å². The molecule has 6 heteroatoms. The number of allylic oxidation sites excluding steroid dienone is 1. The predicted molar refractivity (Wildman–Crippen MR) is 83.0 cm³/mol. The first-order chi connectivity index (χ1) is 8.26. The van der Waals surface area contributed by atoms with Crippen LogP contribution in [0.5, 0.6) is 0 Å². The van der Waals surface area contributed by atoms with E-state index in [2.05, 4.69) is 0 Å². The van der Waals surface area contributed by atoms with E-state index >= 15 is 0 Å². The Labute approximate surface area is 124 Å². The van der Waals surface area contributed by atoms with E-state index in [-0.39, 0.29) is 12.2 Å². The van der Waals surface area contributed by atoms with E-state index in [1.807, 2.05) is 64.1 Å². The molecule has 0 bridgehead atoms. The average molecular weight is 390 g/mol. The van der Waals surface area contributed by atoms with Gasteiger partial charge in [-0.1, -0.05) is 6.92 Å². The zero-order chi connectivity index (χ0) is 14.3. The molecule has 0 aliphatic heterocycles. The maximum atomic E-state index is 12.9. The normalized spacial score (nSPS) is 14.1. The predicted octanol–water partition coefficient (Wildman–Crippen LogP) is 5.08. The lowest BCUT2D eigenvalue weighted by Gasteiger charge is -2.25. The second-order valence-corrected chi connectivity index (χ2v) is 7.25. The molecule has 0 aliphatic carbocycles. The quantitative estimate of drug-likeness (QED) is 0.329. The monoisotopic (exact) mass is 390 g/mol. The minimum Gasteiger partial charge on any atom is -0.487 e. The molecular formula is C12H24IO4P. The van der Waals surface area contributed by atoms with Gasteiger partial charge in [-0.2, -0.15) is 0 Å². The van der Waals surface area contributed by atoms with Crippen molar-refractivity contribution in [2.45, 2.75) is 60.2 Å². The number of hydrogen-bond donors (Lipinski definition) is 0. The summed E-state index contributed by atoms with van der Waals surface area (Å²) >= 11 is 2.05. The third-order valence-corrected chi connectivity index (χ3v) is 5.83. The van der Waals surface area contributed by atoms with Crippen LogP contribution in [0.25, 0.3) is 0 Å². The number of hydrogen-bond acceptors (Lipinski definition) is 4. The maximum Gasteiger partial charge on any atom is 0.362 e. The van der Waals surface area contributed by atoms with Crippen LogP contribution in [0.4, 0.5) is 0 Å². The van der Waals surface area contributed by atoms with Gasteiger partial charge in [0.1, 0.15) is 0 Å². The smallest absolute Gasteiger partial charge is 0.362 e. The summed E-state index contributed by atoms with van der Waals surface area (Å²) in [6.07, 6.45) is 0.249. The van der Waals surface area contributed by atoms with Gasteiger partial charge in [0.15, 0.2) is 3.77 Å². The van der Waals surface area contributed by atoms with E-state index in [0.29, 0.717) is 22.1 Å². The molecular weight excluding hydrogens is 366 g/mol. The van der Waals surface area contributed by atoms with Crippen LogP contribution in [0.15, 0.2) is 9.08 Å². The molecule has 0 aromatic rings. The molecule has 18 heavy (non-hydrogen) atoms. The molecule has 0 N–H and O–H groups in total. The Kier molecular flexibility index (Phi) is 8.76. The largest absolute Gasteiger partial charge is 0.487 e. The average Bonchev–Trinajstić information content (AvgIpc) is 2.15. The molecule has 0 rings (SSSR count). The third kappa shape index (κ3) is 6.04. The molecule has 0 saturated heterocycles. The summed E-state index contributed by atoms with van der Waals surface area (Å²) in [6, 6.07) is 0. The minimum absolute atomic E-state index is 0.165. The topological polar surface area (TPSA) is 44.8 Å². The van der Waals surface area contributed by atoms with Crippen LogP contribution in [-0.4, -0.2) is 18.8 Å². The van der Waals surface area contributed by atoms with Crippen molar-refractivity contribution < 1.29 is 18.3 Å². The fraction of sp³-hybridized carbons (Fsp3) is 0.833. The Morgan fingerprint density at radius 1 is 1.11 bits per heavy atom. The molecule has 0 amide bonds. The highest BCUT2D eigenvalue weighted by Gasteiger charge is 2.34. The van der Waals surface area contributed by atoms with Gasteiger partial charge in [-0.3, -0.25) is 4.57 Å². The second kappa shape index (κ2) is 8.56. The van der Waals surface area contributed by atoms with Crippen LogP contribution in [-0.2, 0) is 18.3 Å². The standard InChI is InChI=1S/C12H24IO4P/c1-7-11(12(13)15-8-2)18(14,16-9(3)4)17-10(5)6/h9-10H,7-8H2,1-6H3/b12-11-. The van der Waals surface area contributed by atoms with Gasteiger partial charge in [-0.15, -0.1) is 0 Å². The summed E-state index contributed by atoms with van der Waals surface area (Å²) < 4.78 is 30.1. The van der Waals surface area contributed by atoms with Gasteiger partial charge in [0, 0.05) is 0 Å². The zero-order valence-corrected chi connectivity index (χ0v) is 15.1. The number of rotatable bonds is 8. The molecule has 0 aliphatic rings. The van der Waals surface area contributed by atoms with Crippen LogP contribution in [0, 0.1) is 0 Å². The van der Waals surface area contributed by atoms with E-state index in [4.69, 9.17) is 13.8 Å². The van der Waals surface area contributed by atoms with E-state index in [1.165, 1.54) is 0 Å². The Balaban J connectivity index is 5.38. The molecule has 0 unspecified atom stereocenters. The lowest BCUT2D eigenvalue weighted by molar-refractivity contribution is 0.145. The number of halogens is 1. The van der Waals surface area contributed by atoms with E-state index in [1.54, 1.807) is 0 Å². The molecule has 108 valence electrons. The van der Waals surface area contributed by atoms with Gasteiger partial charge in [0.25, 0.3) is 0 Å². The maximum absolute atomic E-state index is 12.9. The first-order valence-corrected chi connectivity index (χ1v) is 8.87.